The molecule has 0 bridgehead atoms. The van der Waals surface area contributed by atoms with Crippen LogP contribution in [-0.2, 0) is 4.79 Å². The predicted octanol–water partition coefficient (Wildman–Crippen LogP) is 2.66. The molecule has 0 aromatic heterocycles. The Morgan fingerprint density at radius 3 is 2.08 bits per heavy atom. The maximum atomic E-state index is 11.5. The van der Waals surface area contributed by atoms with E-state index in [-0.39, 0.29) is 10.7 Å². The van der Waals surface area contributed by atoms with Crippen molar-refractivity contribution in [1.82, 2.24) is 4.90 Å². The van der Waals surface area contributed by atoms with E-state index in [0.717, 1.165) is 6.42 Å². The topological polar surface area (TPSA) is 20.3 Å². The van der Waals surface area contributed by atoms with Crippen molar-refractivity contribution in [3.05, 3.63) is 0 Å². The Morgan fingerprint density at radius 1 is 1.31 bits per heavy atom. The second kappa shape index (κ2) is 5.63. The van der Waals surface area contributed by atoms with Gasteiger partial charge in [0.05, 0.1) is 4.83 Å². The summed E-state index contributed by atoms with van der Waals surface area (Å²) in [7, 11) is 1.87. The standard InChI is InChI=1S/C10H20BrNO/c1-7(2)6-8(3)12(5)10(13)9(4)11/h7-9H,6H2,1-5H3. The maximum Gasteiger partial charge on any atom is 0.236 e. The molecule has 3 heteroatoms. The molecule has 13 heavy (non-hydrogen) atoms. The number of amides is 1. The van der Waals surface area contributed by atoms with Crippen molar-refractivity contribution in [2.24, 2.45) is 5.92 Å². The van der Waals surface area contributed by atoms with Crippen molar-refractivity contribution in [2.45, 2.75) is 45.0 Å². The van der Waals surface area contributed by atoms with E-state index in [0.29, 0.717) is 12.0 Å². The molecule has 0 saturated heterocycles. The van der Waals surface area contributed by atoms with Gasteiger partial charge >= 0.3 is 0 Å². The SMILES string of the molecule is CC(C)CC(C)N(C)C(=O)C(C)Br. The molecule has 0 aliphatic heterocycles. The van der Waals surface area contributed by atoms with Gasteiger partial charge in [-0.3, -0.25) is 4.79 Å². The smallest absolute Gasteiger partial charge is 0.236 e. The zero-order chi connectivity index (χ0) is 10.6. The average Bonchev–Trinajstić information content (AvgIpc) is 2.00. The highest BCUT2D eigenvalue weighted by molar-refractivity contribution is 9.10. The van der Waals surface area contributed by atoms with Crippen LogP contribution in [-0.4, -0.2) is 28.7 Å². The molecule has 0 N–H and O–H groups in total. The Morgan fingerprint density at radius 2 is 1.77 bits per heavy atom. The van der Waals surface area contributed by atoms with Gasteiger partial charge in [0.15, 0.2) is 0 Å². The van der Waals surface area contributed by atoms with Crippen LogP contribution in [0.15, 0.2) is 0 Å². The molecule has 2 atom stereocenters. The normalized spacial score (nSPS) is 15.6. The van der Waals surface area contributed by atoms with Crippen LogP contribution in [0.25, 0.3) is 0 Å². The Kier molecular flexibility index (Phi) is 5.61. The molecule has 0 aliphatic carbocycles. The molecule has 0 aromatic rings. The molecule has 0 heterocycles. The quantitative estimate of drug-likeness (QED) is 0.702. The van der Waals surface area contributed by atoms with Crippen LogP contribution in [0, 0.1) is 5.92 Å². The van der Waals surface area contributed by atoms with Crippen LogP contribution < -0.4 is 0 Å². The van der Waals surface area contributed by atoms with Gasteiger partial charge in [-0.2, -0.15) is 0 Å². The fourth-order valence-electron chi connectivity index (χ4n) is 1.34. The van der Waals surface area contributed by atoms with Gasteiger partial charge in [0.2, 0.25) is 5.91 Å². The number of alkyl halides is 1. The highest BCUT2D eigenvalue weighted by atomic mass is 79.9. The first-order valence-electron chi connectivity index (χ1n) is 4.77. The number of carbonyl (C=O) groups is 1. The number of rotatable bonds is 4. The number of hydrogen-bond acceptors (Lipinski definition) is 1. The molecule has 78 valence electrons. The van der Waals surface area contributed by atoms with Crippen molar-refractivity contribution >= 4 is 21.8 Å². The molecule has 0 fully saturated rings. The first-order valence-corrected chi connectivity index (χ1v) is 5.68. The van der Waals surface area contributed by atoms with E-state index in [1.165, 1.54) is 0 Å². The Bertz CT molecular complexity index is 168. The Hall–Kier alpha value is -0.0500. The predicted molar refractivity (Wildman–Crippen MR) is 60.1 cm³/mol. The van der Waals surface area contributed by atoms with Gasteiger partial charge in [-0.15, -0.1) is 0 Å². The monoisotopic (exact) mass is 249 g/mol. The summed E-state index contributed by atoms with van der Waals surface area (Å²) in [6, 6.07) is 0.326. The van der Waals surface area contributed by atoms with Crippen molar-refractivity contribution in [1.29, 1.82) is 0 Å². The van der Waals surface area contributed by atoms with E-state index in [1.54, 1.807) is 0 Å². The van der Waals surface area contributed by atoms with Gasteiger partial charge in [0.1, 0.15) is 0 Å². The summed E-state index contributed by atoms with van der Waals surface area (Å²) in [6.07, 6.45) is 1.06. The Balaban J connectivity index is 4.09. The number of halogens is 1. The largest absolute Gasteiger partial charge is 0.342 e. The van der Waals surface area contributed by atoms with E-state index in [4.69, 9.17) is 0 Å². The van der Waals surface area contributed by atoms with E-state index >= 15 is 0 Å². The van der Waals surface area contributed by atoms with Gasteiger partial charge in [-0.05, 0) is 26.2 Å². The minimum atomic E-state index is -0.0767. The molecule has 1 amide bonds. The van der Waals surface area contributed by atoms with Gasteiger partial charge < -0.3 is 4.90 Å². The third kappa shape index (κ3) is 4.65. The molecule has 0 rings (SSSR count). The van der Waals surface area contributed by atoms with Gasteiger partial charge in [0, 0.05) is 13.1 Å². The highest BCUT2D eigenvalue weighted by Crippen LogP contribution is 2.12. The van der Waals surface area contributed by atoms with Crippen molar-refractivity contribution in [3.8, 4) is 0 Å². The van der Waals surface area contributed by atoms with E-state index in [1.807, 2.05) is 18.9 Å². The van der Waals surface area contributed by atoms with Crippen LogP contribution in [0.1, 0.15) is 34.1 Å². The van der Waals surface area contributed by atoms with Crippen molar-refractivity contribution in [3.63, 3.8) is 0 Å². The maximum absolute atomic E-state index is 11.5. The fourth-order valence-corrected chi connectivity index (χ4v) is 1.66. The molecule has 2 unspecified atom stereocenters. The number of hydrogen-bond donors (Lipinski definition) is 0. The van der Waals surface area contributed by atoms with Gasteiger partial charge in [-0.1, -0.05) is 29.8 Å². The molecule has 0 radical (unpaired) electrons. The average molecular weight is 250 g/mol. The minimum Gasteiger partial charge on any atom is -0.342 e. The van der Waals surface area contributed by atoms with E-state index < -0.39 is 0 Å². The lowest BCUT2D eigenvalue weighted by atomic mass is 10.0. The third-order valence-electron chi connectivity index (χ3n) is 2.16. The van der Waals surface area contributed by atoms with E-state index in [9.17, 15) is 4.79 Å². The summed E-state index contributed by atoms with van der Waals surface area (Å²) < 4.78 is 0. The Labute approximate surface area is 89.8 Å². The highest BCUT2D eigenvalue weighted by Gasteiger charge is 2.19. The second-order valence-electron chi connectivity index (χ2n) is 4.04. The van der Waals surface area contributed by atoms with E-state index in [2.05, 4.69) is 36.7 Å². The molecule has 0 spiro atoms. The molecule has 0 saturated carbocycles. The third-order valence-corrected chi connectivity index (χ3v) is 2.55. The number of carbonyl (C=O) groups excluding carboxylic acids is 1. The first-order chi connectivity index (χ1) is 5.86. The van der Waals surface area contributed by atoms with Crippen LogP contribution in [0.2, 0.25) is 0 Å². The zero-order valence-electron chi connectivity index (χ0n) is 9.17. The second-order valence-corrected chi connectivity index (χ2v) is 5.42. The van der Waals surface area contributed by atoms with Crippen LogP contribution >= 0.6 is 15.9 Å². The molecular formula is C10H20BrNO. The summed E-state index contributed by atoms with van der Waals surface area (Å²) in [5, 5.41) is 0. The first kappa shape index (κ1) is 12.9. The van der Waals surface area contributed by atoms with Crippen LogP contribution in [0.5, 0.6) is 0 Å². The fraction of sp³-hybridized carbons (Fsp3) is 0.900. The lowest BCUT2D eigenvalue weighted by molar-refractivity contribution is -0.130. The van der Waals surface area contributed by atoms with Crippen LogP contribution in [0.3, 0.4) is 0 Å². The minimum absolute atomic E-state index is 0.0767. The zero-order valence-corrected chi connectivity index (χ0v) is 10.8. The molecular weight excluding hydrogens is 230 g/mol. The van der Waals surface area contributed by atoms with Gasteiger partial charge in [-0.25, -0.2) is 0 Å². The lowest BCUT2D eigenvalue weighted by Gasteiger charge is -2.27. The van der Waals surface area contributed by atoms with Crippen LogP contribution in [0.4, 0.5) is 0 Å². The van der Waals surface area contributed by atoms with Crippen molar-refractivity contribution in [2.75, 3.05) is 7.05 Å². The molecule has 0 aromatic carbocycles. The lowest BCUT2D eigenvalue weighted by Crippen LogP contribution is -2.39. The number of nitrogens with zero attached hydrogens (tertiary/aromatic N) is 1. The van der Waals surface area contributed by atoms with Crippen molar-refractivity contribution < 1.29 is 4.79 Å². The summed E-state index contributed by atoms with van der Waals surface area (Å²) >= 11 is 3.28. The molecule has 2 nitrogen and oxygen atoms in total. The summed E-state index contributed by atoms with van der Waals surface area (Å²) in [5.41, 5.74) is 0. The molecule has 0 aliphatic rings. The van der Waals surface area contributed by atoms with Gasteiger partial charge in [0.25, 0.3) is 0 Å². The summed E-state index contributed by atoms with van der Waals surface area (Å²) in [6.45, 7) is 8.30. The summed E-state index contributed by atoms with van der Waals surface area (Å²) in [4.78, 5) is 13.3. The summed E-state index contributed by atoms with van der Waals surface area (Å²) in [5.74, 6) is 0.795.